The van der Waals surface area contributed by atoms with Gasteiger partial charge < -0.3 is 10.2 Å². The number of benzene rings is 4. The zero-order valence-corrected chi connectivity index (χ0v) is 28.9. The van der Waals surface area contributed by atoms with Gasteiger partial charge in [-0.2, -0.15) is 4.99 Å². The van der Waals surface area contributed by atoms with Crippen LogP contribution in [0.5, 0.6) is 0 Å². The maximum atomic E-state index is 14.4. The summed E-state index contributed by atoms with van der Waals surface area (Å²) in [5, 5.41) is 0.00783. The Balaban J connectivity index is 1.37. The van der Waals surface area contributed by atoms with Crippen molar-refractivity contribution >= 4 is 34.7 Å². The molecule has 0 spiro atoms. The van der Waals surface area contributed by atoms with Crippen molar-refractivity contribution in [3.63, 3.8) is 0 Å². The molecule has 3 N–H and O–H groups in total. The summed E-state index contributed by atoms with van der Waals surface area (Å²) in [6, 6.07) is 16.9. The number of quaternary nitrogens is 1. The van der Waals surface area contributed by atoms with Crippen molar-refractivity contribution in [2.75, 3.05) is 16.8 Å². The van der Waals surface area contributed by atoms with E-state index in [1.165, 1.54) is 0 Å². The Morgan fingerprint density at radius 3 is 2.32 bits per heavy atom. The summed E-state index contributed by atoms with van der Waals surface area (Å²) in [6.07, 6.45) is 0.902. The van der Waals surface area contributed by atoms with Gasteiger partial charge in [0.25, 0.3) is 11.8 Å². The van der Waals surface area contributed by atoms with Crippen molar-refractivity contribution in [2.45, 2.75) is 75.2 Å². The molecule has 6 nitrogen and oxygen atoms in total. The SMILES string of the molecule is [2H]N(C(=O)c1ccc(C)c(C)c1-c1cccc(C)c1C)c1ccc(C(=O)N2CCC3=C(c4c2cc(C)c(C)c4C)[N+]([2H])([2H])C(CC)=N3)cc1C. The Labute approximate surface area is 283 Å². The number of fused-ring (bicyclic) bond motifs is 2. The number of hydrogen-bond acceptors (Lipinski definition) is 3. The third kappa shape index (κ3) is 5.61. The van der Waals surface area contributed by atoms with Crippen molar-refractivity contribution in [1.82, 2.24) is 0 Å². The second-order valence-corrected chi connectivity index (χ2v) is 12.9. The number of hydrogen-bond donors (Lipinski definition) is 2. The number of nitrogens with one attached hydrogen (secondary N) is 1. The summed E-state index contributed by atoms with van der Waals surface area (Å²) in [7, 11) is 0. The van der Waals surface area contributed by atoms with Crippen LogP contribution < -0.4 is 15.5 Å². The van der Waals surface area contributed by atoms with Crippen molar-refractivity contribution in [1.29, 1.82) is 0 Å². The fourth-order valence-corrected chi connectivity index (χ4v) is 6.68. The van der Waals surface area contributed by atoms with E-state index in [9.17, 15) is 9.59 Å². The maximum Gasteiger partial charge on any atom is 0.359 e. The quantitative estimate of drug-likeness (QED) is 0.234. The average molecular weight is 629 g/mol. The molecule has 0 fully saturated rings. The van der Waals surface area contributed by atoms with E-state index in [-0.39, 0.29) is 5.91 Å². The first-order chi connectivity index (χ1) is 23.6. The number of nitrogens with zero attached hydrogens (tertiary/aromatic N) is 2. The van der Waals surface area contributed by atoms with Gasteiger partial charge in [-0.15, -0.1) is 0 Å². The third-order valence-corrected chi connectivity index (χ3v) is 10.1. The van der Waals surface area contributed by atoms with Crippen LogP contribution in [0.1, 0.15) is 90.6 Å². The molecular formula is C41H45N4O2+. The van der Waals surface area contributed by atoms with Gasteiger partial charge in [-0.25, -0.2) is 0 Å². The summed E-state index contributed by atoms with van der Waals surface area (Å²) in [5.74, 6) is -0.221. The highest BCUT2D eigenvalue weighted by molar-refractivity contribution is 6.11. The van der Waals surface area contributed by atoms with Gasteiger partial charge in [0.1, 0.15) is 5.70 Å². The van der Waals surface area contributed by atoms with Gasteiger partial charge in [0.2, 0.25) is 5.84 Å². The van der Waals surface area contributed by atoms with Crippen molar-refractivity contribution in [2.24, 2.45) is 4.99 Å². The van der Waals surface area contributed by atoms with E-state index >= 15 is 0 Å². The van der Waals surface area contributed by atoms with Crippen LogP contribution in [0.15, 0.2) is 65.3 Å². The zero-order valence-electron chi connectivity index (χ0n) is 31.9. The molecule has 0 aliphatic carbocycles. The maximum absolute atomic E-state index is 14.4. The van der Waals surface area contributed by atoms with Gasteiger partial charge in [-0.05, 0) is 141 Å². The first kappa shape index (κ1) is 28.4. The summed E-state index contributed by atoms with van der Waals surface area (Å²) in [6.45, 7) is 18.2. The Morgan fingerprint density at radius 2 is 1.60 bits per heavy atom. The molecule has 0 bridgehead atoms. The molecule has 2 aliphatic heterocycles. The molecule has 0 unspecified atom stereocenters. The summed E-state index contributed by atoms with van der Waals surface area (Å²) in [5.41, 5.74) is 13.6. The molecule has 2 heterocycles. The highest BCUT2D eigenvalue weighted by Crippen LogP contribution is 2.39. The minimum atomic E-state index is -0.920. The number of carbonyl (C=O) groups excluding carboxylic acids is 2. The van der Waals surface area contributed by atoms with E-state index < -0.39 is 11.2 Å². The van der Waals surface area contributed by atoms with Crippen LogP contribution >= 0.6 is 0 Å². The average Bonchev–Trinajstić information content (AvgIpc) is 3.22. The number of nitrogens with two attached hydrogens (primary N) is 1. The minimum absolute atomic E-state index is 0.230. The van der Waals surface area contributed by atoms with Crippen LogP contribution in [0.25, 0.3) is 16.8 Å². The third-order valence-electron chi connectivity index (χ3n) is 10.1. The van der Waals surface area contributed by atoms with Gasteiger partial charge in [-0.1, -0.05) is 31.2 Å². The lowest BCUT2D eigenvalue weighted by molar-refractivity contribution is -0.433. The van der Waals surface area contributed by atoms with Gasteiger partial charge in [0.15, 0.2) is 7.11 Å². The van der Waals surface area contributed by atoms with Crippen LogP contribution in [0.4, 0.5) is 11.4 Å². The lowest BCUT2D eigenvalue weighted by Gasteiger charge is -2.26. The lowest BCUT2D eigenvalue weighted by Crippen LogP contribution is -2.83. The number of rotatable bonds is 5. The van der Waals surface area contributed by atoms with Crippen molar-refractivity contribution in [3.8, 4) is 11.1 Å². The second-order valence-electron chi connectivity index (χ2n) is 12.9. The van der Waals surface area contributed by atoms with Gasteiger partial charge in [-0.3, -0.25) is 14.9 Å². The molecule has 0 saturated heterocycles. The summed E-state index contributed by atoms with van der Waals surface area (Å²) >= 11 is 0. The summed E-state index contributed by atoms with van der Waals surface area (Å²) in [4.78, 5) is 34.9. The van der Waals surface area contributed by atoms with Gasteiger partial charge >= 0.3 is 2.82 Å². The number of anilines is 2. The van der Waals surface area contributed by atoms with E-state index in [4.69, 9.17) is 9.23 Å². The van der Waals surface area contributed by atoms with Crippen molar-refractivity contribution < 1.29 is 19.1 Å². The first-order valence-electron chi connectivity index (χ1n) is 17.7. The lowest BCUT2D eigenvalue weighted by atomic mass is 9.88. The molecule has 6 heteroatoms. The van der Waals surface area contributed by atoms with Crippen LogP contribution in [-0.2, 0) is 0 Å². The number of amidine groups is 1. The molecule has 4 aromatic rings. The van der Waals surface area contributed by atoms with Crippen LogP contribution in [0, 0.1) is 55.4 Å². The molecule has 0 atom stereocenters. The zero-order chi connectivity index (χ0) is 36.4. The molecule has 47 heavy (non-hydrogen) atoms. The van der Waals surface area contributed by atoms with E-state index in [2.05, 4.69) is 19.9 Å². The number of amides is 2. The highest BCUT2D eigenvalue weighted by atomic mass is 16.2. The molecule has 4 aromatic carbocycles. The standard InChI is InChI=1S/C41H44N4O2/c1-10-36-42-34-18-19-45(35-21-24(4)26(6)29(9)38(35)39(34)44-36)41(47)30-15-17-33(25(5)20-30)43-40(46)32-16-14-23(3)28(8)37(32)31-13-11-12-22(2)27(31)7/h11-17,20-21H,10,18-19H2,1-9H3,(H,42,44)(H,43,46)/p+1/i/hD3. The largest absolute Gasteiger partial charge is 0.359 e. The normalized spacial score (nSPS) is 16.1. The molecular weight excluding hydrogens is 580 g/mol. The molecule has 0 aromatic heterocycles. The minimum Gasteiger partial charge on any atom is -0.322 e. The van der Waals surface area contributed by atoms with Crippen molar-refractivity contribution in [3.05, 3.63) is 121 Å². The predicted octanol–water partition coefficient (Wildman–Crippen LogP) is 8.18. The van der Waals surface area contributed by atoms with Crippen LogP contribution in [-0.4, -0.2) is 24.2 Å². The van der Waals surface area contributed by atoms with Crippen LogP contribution in [0.3, 0.4) is 0 Å². The first-order valence-corrected chi connectivity index (χ1v) is 16.4. The van der Waals surface area contributed by atoms with Crippen LogP contribution in [0.2, 0.25) is 4.24 Å². The molecule has 6 rings (SSSR count). The second kappa shape index (κ2) is 12.4. The topological polar surface area (TPSA) is 78.4 Å². The Kier molecular flexibility index (Phi) is 7.51. The Hall–Kier alpha value is -4.81. The number of aliphatic imine (C=N–C) groups is 1. The predicted molar refractivity (Wildman–Crippen MR) is 193 cm³/mol. The van der Waals surface area contributed by atoms with E-state index in [1.54, 1.807) is 29.2 Å². The molecule has 0 saturated carbocycles. The molecule has 2 amide bonds. The molecule has 2 aliphatic rings. The Bertz CT molecular complexity index is 2180. The fourth-order valence-electron chi connectivity index (χ4n) is 6.68. The Morgan fingerprint density at radius 1 is 0.851 bits per heavy atom. The smallest absolute Gasteiger partial charge is 0.322 e. The highest BCUT2D eigenvalue weighted by Gasteiger charge is 2.34. The van der Waals surface area contributed by atoms with Gasteiger partial charge in [0, 0.05) is 36.2 Å². The summed E-state index contributed by atoms with van der Waals surface area (Å²) < 4.78 is 27.0. The fraction of sp³-hybridized carbons (Fsp3) is 0.293. The monoisotopic (exact) mass is 628 g/mol. The number of carbonyl (C=O) groups is 2. The number of aryl methyl sites for hydroxylation is 4. The van der Waals surface area contributed by atoms with E-state index in [0.717, 1.165) is 60.9 Å². The van der Waals surface area contributed by atoms with E-state index in [0.29, 0.717) is 64.7 Å². The van der Waals surface area contributed by atoms with E-state index in [1.807, 2.05) is 72.7 Å². The molecule has 0 radical (unpaired) electrons. The molecule has 240 valence electrons. The van der Waals surface area contributed by atoms with Gasteiger partial charge in [0.05, 0.1) is 11.3 Å².